The summed E-state index contributed by atoms with van der Waals surface area (Å²) in [5, 5.41) is 8.32. The minimum Gasteiger partial charge on any atom is -0.415 e. The SMILES string of the molecule is COCCOCC(=O)N1CCN(c2cnc(C)c(-c3nnc(-c4ccccc4)o3)n2)CC1.[HH]. The molecule has 10 heteroatoms. The third kappa shape index (κ3) is 5.09. The second-order valence-electron chi connectivity index (χ2n) is 7.35. The number of piperazine rings is 1. The van der Waals surface area contributed by atoms with Gasteiger partial charge in [-0.1, -0.05) is 18.2 Å². The zero-order chi connectivity index (χ0) is 22.3. The highest BCUT2D eigenvalue weighted by Crippen LogP contribution is 2.26. The lowest BCUT2D eigenvalue weighted by atomic mass is 10.2. The molecule has 0 saturated carbocycles. The zero-order valence-electron chi connectivity index (χ0n) is 18.2. The van der Waals surface area contributed by atoms with Crippen LogP contribution < -0.4 is 4.90 Å². The molecule has 0 atom stereocenters. The molecular formula is C22H28N6O4. The number of amides is 1. The maximum Gasteiger partial charge on any atom is 0.268 e. The number of carbonyl (C=O) groups excluding carboxylic acids is 1. The van der Waals surface area contributed by atoms with Gasteiger partial charge < -0.3 is 23.7 Å². The number of carbonyl (C=O) groups is 1. The smallest absolute Gasteiger partial charge is 0.268 e. The van der Waals surface area contributed by atoms with E-state index in [1.165, 1.54) is 0 Å². The van der Waals surface area contributed by atoms with E-state index in [0.717, 1.165) is 5.56 Å². The van der Waals surface area contributed by atoms with Gasteiger partial charge in [-0.05, 0) is 19.1 Å². The van der Waals surface area contributed by atoms with E-state index >= 15 is 0 Å². The summed E-state index contributed by atoms with van der Waals surface area (Å²) in [5.74, 6) is 1.47. The van der Waals surface area contributed by atoms with Crippen molar-refractivity contribution in [3.05, 3.63) is 42.2 Å². The van der Waals surface area contributed by atoms with E-state index < -0.39 is 0 Å². The molecule has 0 aliphatic carbocycles. The van der Waals surface area contributed by atoms with Crippen LogP contribution in [-0.4, -0.2) is 84.1 Å². The molecule has 1 saturated heterocycles. The highest BCUT2D eigenvalue weighted by molar-refractivity contribution is 5.77. The lowest BCUT2D eigenvalue weighted by Gasteiger charge is -2.35. The Bertz CT molecular complexity index is 1040. The van der Waals surface area contributed by atoms with Crippen molar-refractivity contribution in [2.24, 2.45) is 0 Å². The Morgan fingerprint density at radius 1 is 1.09 bits per heavy atom. The average molecular weight is 441 g/mol. The van der Waals surface area contributed by atoms with Crippen molar-refractivity contribution in [1.29, 1.82) is 0 Å². The molecule has 1 fully saturated rings. The first kappa shape index (κ1) is 21.8. The molecule has 1 aliphatic heterocycles. The molecule has 0 spiro atoms. The minimum atomic E-state index is -0.0178. The van der Waals surface area contributed by atoms with E-state index in [9.17, 15) is 4.79 Å². The molecule has 0 radical (unpaired) electrons. The Balaban J connectivity index is 0.00000306. The van der Waals surface area contributed by atoms with Crippen LogP contribution in [-0.2, 0) is 14.3 Å². The molecule has 0 unspecified atom stereocenters. The van der Waals surface area contributed by atoms with Gasteiger partial charge in [0, 0.05) is 40.3 Å². The van der Waals surface area contributed by atoms with Crippen molar-refractivity contribution in [2.45, 2.75) is 6.92 Å². The molecule has 3 aromatic rings. The van der Waals surface area contributed by atoms with Gasteiger partial charge in [-0.25, -0.2) is 4.98 Å². The first-order valence-corrected chi connectivity index (χ1v) is 10.5. The van der Waals surface area contributed by atoms with Crippen LogP contribution in [0.2, 0.25) is 0 Å². The third-order valence-electron chi connectivity index (χ3n) is 5.20. The summed E-state index contributed by atoms with van der Waals surface area (Å²) in [6.45, 7) is 5.30. The number of rotatable bonds is 8. The van der Waals surface area contributed by atoms with Crippen molar-refractivity contribution >= 4 is 11.7 Å². The Morgan fingerprint density at radius 2 is 1.84 bits per heavy atom. The van der Waals surface area contributed by atoms with Crippen LogP contribution in [0.3, 0.4) is 0 Å². The van der Waals surface area contributed by atoms with E-state index in [1.54, 1.807) is 18.2 Å². The predicted molar refractivity (Wildman–Crippen MR) is 119 cm³/mol. The van der Waals surface area contributed by atoms with Crippen LogP contribution in [0.4, 0.5) is 5.82 Å². The Morgan fingerprint density at radius 3 is 2.59 bits per heavy atom. The monoisotopic (exact) mass is 440 g/mol. The molecule has 0 bridgehead atoms. The first-order chi connectivity index (χ1) is 15.7. The van der Waals surface area contributed by atoms with Crippen molar-refractivity contribution in [3.63, 3.8) is 0 Å². The van der Waals surface area contributed by atoms with Crippen LogP contribution >= 0.6 is 0 Å². The predicted octanol–water partition coefficient (Wildman–Crippen LogP) is 2.06. The van der Waals surface area contributed by atoms with Gasteiger partial charge in [0.2, 0.25) is 11.8 Å². The highest BCUT2D eigenvalue weighted by atomic mass is 16.5. The fourth-order valence-corrected chi connectivity index (χ4v) is 3.39. The highest BCUT2D eigenvalue weighted by Gasteiger charge is 2.23. The van der Waals surface area contributed by atoms with Gasteiger partial charge in [0.25, 0.3) is 5.89 Å². The van der Waals surface area contributed by atoms with Gasteiger partial charge in [-0.15, -0.1) is 10.2 Å². The number of ether oxygens (including phenoxy) is 2. The number of hydrogen-bond donors (Lipinski definition) is 0. The summed E-state index contributed by atoms with van der Waals surface area (Å²) in [7, 11) is 1.60. The van der Waals surface area contributed by atoms with Crippen LogP contribution in [0.15, 0.2) is 40.9 Å². The van der Waals surface area contributed by atoms with Crippen LogP contribution in [0.5, 0.6) is 0 Å². The lowest BCUT2D eigenvalue weighted by Crippen LogP contribution is -2.50. The van der Waals surface area contributed by atoms with Crippen LogP contribution in [0.1, 0.15) is 7.12 Å². The summed E-state index contributed by atoms with van der Waals surface area (Å²) in [4.78, 5) is 25.4. The molecule has 32 heavy (non-hydrogen) atoms. The second-order valence-corrected chi connectivity index (χ2v) is 7.35. The van der Waals surface area contributed by atoms with E-state index in [1.807, 2.05) is 37.3 Å². The van der Waals surface area contributed by atoms with E-state index in [0.29, 0.717) is 68.4 Å². The number of aryl methyl sites for hydroxylation is 1. The van der Waals surface area contributed by atoms with Crippen LogP contribution in [0, 0.1) is 6.92 Å². The van der Waals surface area contributed by atoms with Gasteiger partial charge in [0.1, 0.15) is 12.4 Å². The standard InChI is InChI=1S/C22H26N6O4.H2/c1-16-20(22-26-25-21(32-22)17-6-4-3-5-7-17)24-18(14-23-16)27-8-10-28(11-9-27)19(29)15-31-13-12-30-2;/h3-7,14H,8-13,15H2,1-2H3;1H. The number of benzene rings is 1. The van der Waals surface area contributed by atoms with Gasteiger partial charge in [-0.2, -0.15) is 0 Å². The summed E-state index contributed by atoms with van der Waals surface area (Å²) in [6.07, 6.45) is 1.73. The maximum absolute atomic E-state index is 12.3. The van der Waals surface area contributed by atoms with Gasteiger partial charge >= 0.3 is 0 Å². The largest absolute Gasteiger partial charge is 0.415 e. The van der Waals surface area contributed by atoms with Crippen molar-refractivity contribution in [3.8, 4) is 23.0 Å². The number of anilines is 1. The average Bonchev–Trinajstić information content (AvgIpc) is 3.33. The number of aromatic nitrogens is 4. The minimum absolute atomic E-state index is 0. The fraction of sp³-hybridized carbons (Fsp3) is 0.409. The lowest BCUT2D eigenvalue weighted by molar-refractivity contribution is -0.136. The van der Waals surface area contributed by atoms with Crippen molar-refractivity contribution in [2.75, 3.05) is 58.0 Å². The molecule has 1 amide bonds. The number of methoxy groups -OCH3 is 1. The molecule has 1 aliphatic rings. The molecule has 4 rings (SSSR count). The van der Waals surface area contributed by atoms with Crippen LogP contribution in [0.25, 0.3) is 23.0 Å². The second kappa shape index (κ2) is 10.3. The van der Waals surface area contributed by atoms with Crippen molar-refractivity contribution < 1.29 is 20.1 Å². The fourth-order valence-electron chi connectivity index (χ4n) is 3.39. The number of nitrogens with zero attached hydrogens (tertiary/aromatic N) is 6. The molecule has 170 valence electrons. The van der Waals surface area contributed by atoms with Crippen molar-refractivity contribution in [1.82, 2.24) is 25.1 Å². The molecule has 1 aromatic carbocycles. The Kier molecular flexibility index (Phi) is 7.03. The first-order valence-electron chi connectivity index (χ1n) is 10.5. The summed E-state index contributed by atoms with van der Waals surface area (Å²) in [5.41, 5.74) is 2.11. The normalized spacial score (nSPS) is 14.1. The molecule has 10 nitrogen and oxygen atoms in total. The van der Waals surface area contributed by atoms with Gasteiger partial charge in [0.15, 0.2) is 5.69 Å². The third-order valence-corrected chi connectivity index (χ3v) is 5.20. The molecule has 2 aromatic heterocycles. The van der Waals surface area contributed by atoms with Gasteiger partial charge in [-0.3, -0.25) is 9.78 Å². The topological polar surface area (TPSA) is 107 Å². The van der Waals surface area contributed by atoms with E-state index in [4.69, 9.17) is 18.9 Å². The number of hydrogen-bond acceptors (Lipinski definition) is 9. The Hall–Kier alpha value is -3.37. The summed E-state index contributed by atoms with van der Waals surface area (Å²) >= 11 is 0. The Labute approximate surface area is 187 Å². The van der Waals surface area contributed by atoms with E-state index in [2.05, 4.69) is 20.1 Å². The maximum atomic E-state index is 12.3. The molecule has 0 N–H and O–H groups in total. The summed E-state index contributed by atoms with van der Waals surface area (Å²) < 4.78 is 16.1. The zero-order valence-corrected chi connectivity index (χ0v) is 18.2. The summed E-state index contributed by atoms with van der Waals surface area (Å²) in [6, 6.07) is 9.59. The molecular weight excluding hydrogens is 412 g/mol. The molecule has 3 heterocycles. The van der Waals surface area contributed by atoms with Gasteiger partial charge in [0.05, 0.1) is 25.1 Å². The quantitative estimate of drug-likeness (QED) is 0.486. The van der Waals surface area contributed by atoms with E-state index in [-0.39, 0.29) is 13.9 Å².